The van der Waals surface area contributed by atoms with E-state index in [0.29, 0.717) is 11.6 Å². The van der Waals surface area contributed by atoms with Crippen molar-refractivity contribution in [1.82, 2.24) is 20.9 Å². The van der Waals surface area contributed by atoms with E-state index in [2.05, 4.69) is 34.8 Å². The van der Waals surface area contributed by atoms with Gasteiger partial charge in [0.15, 0.2) is 5.96 Å². The van der Waals surface area contributed by atoms with Gasteiger partial charge in [-0.15, -0.1) is 24.0 Å². The van der Waals surface area contributed by atoms with Crippen LogP contribution in [0.5, 0.6) is 0 Å². The number of hydrogen-bond acceptors (Lipinski definition) is 3. The van der Waals surface area contributed by atoms with Gasteiger partial charge in [-0.1, -0.05) is 12.1 Å². The van der Waals surface area contributed by atoms with Crippen molar-refractivity contribution in [2.75, 3.05) is 40.3 Å². The number of aliphatic imine (C=N–C) groups is 1. The standard InChI is InChI=1S/C19H31N5O.HI/c1-4-21-19(23-14-17-9-6-12-24(17)3)22-11-10-15-7-5-8-16(13-15)18(25)20-2;/h5,7-8,13,17H,4,6,9-12,14H2,1-3H3,(H,20,25)(H2,21,22,23);1H. The minimum absolute atomic E-state index is 0. The van der Waals surface area contributed by atoms with E-state index >= 15 is 0 Å². The number of rotatable bonds is 7. The van der Waals surface area contributed by atoms with Gasteiger partial charge in [-0.05, 0) is 57.5 Å². The SMILES string of the molecule is CCNC(=NCC1CCCN1C)NCCc1cccc(C(=O)NC)c1.I. The third-order valence-electron chi connectivity index (χ3n) is 4.60. The predicted octanol–water partition coefficient (Wildman–Crippen LogP) is 1.86. The molecule has 1 saturated heterocycles. The van der Waals surface area contributed by atoms with Gasteiger partial charge in [0.1, 0.15) is 0 Å². The Morgan fingerprint density at radius 3 is 2.81 bits per heavy atom. The average molecular weight is 473 g/mol. The minimum Gasteiger partial charge on any atom is -0.357 e. The van der Waals surface area contributed by atoms with Crippen LogP contribution in [0.25, 0.3) is 0 Å². The van der Waals surface area contributed by atoms with Gasteiger partial charge in [0.05, 0.1) is 6.54 Å². The fraction of sp³-hybridized carbons (Fsp3) is 0.579. The van der Waals surface area contributed by atoms with Crippen LogP contribution in [0, 0.1) is 0 Å². The molecule has 1 aliphatic heterocycles. The zero-order chi connectivity index (χ0) is 18.1. The number of carbonyl (C=O) groups excluding carboxylic acids is 1. The van der Waals surface area contributed by atoms with Gasteiger partial charge < -0.3 is 20.9 Å². The van der Waals surface area contributed by atoms with E-state index < -0.39 is 0 Å². The predicted molar refractivity (Wildman–Crippen MR) is 119 cm³/mol. The largest absolute Gasteiger partial charge is 0.357 e. The van der Waals surface area contributed by atoms with Crippen molar-refractivity contribution >= 4 is 35.8 Å². The lowest BCUT2D eigenvalue weighted by atomic mass is 10.1. The maximum atomic E-state index is 11.7. The summed E-state index contributed by atoms with van der Waals surface area (Å²) in [7, 11) is 3.82. The van der Waals surface area contributed by atoms with Crippen LogP contribution in [0.15, 0.2) is 29.3 Å². The van der Waals surface area contributed by atoms with Gasteiger partial charge in [0.2, 0.25) is 0 Å². The normalized spacial score (nSPS) is 17.5. The van der Waals surface area contributed by atoms with Gasteiger partial charge in [0.25, 0.3) is 5.91 Å². The van der Waals surface area contributed by atoms with E-state index in [1.807, 2.05) is 24.3 Å². The molecular formula is C19H32IN5O. The zero-order valence-corrected chi connectivity index (χ0v) is 18.4. The van der Waals surface area contributed by atoms with Gasteiger partial charge in [0, 0.05) is 31.7 Å². The molecule has 6 nitrogen and oxygen atoms in total. The van der Waals surface area contributed by atoms with Gasteiger partial charge in [-0.25, -0.2) is 0 Å². The summed E-state index contributed by atoms with van der Waals surface area (Å²) in [5, 5.41) is 9.35. The molecule has 146 valence electrons. The monoisotopic (exact) mass is 473 g/mol. The van der Waals surface area contributed by atoms with E-state index in [0.717, 1.165) is 37.6 Å². The molecule has 2 rings (SSSR count). The van der Waals surface area contributed by atoms with Crippen LogP contribution in [0.3, 0.4) is 0 Å². The van der Waals surface area contributed by atoms with E-state index in [-0.39, 0.29) is 29.9 Å². The molecule has 0 radical (unpaired) electrons. The number of carbonyl (C=O) groups is 1. The molecular weight excluding hydrogens is 441 g/mol. The topological polar surface area (TPSA) is 68.8 Å². The van der Waals surface area contributed by atoms with E-state index in [1.165, 1.54) is 19.4 Å². The summed E-state index contributed by atoms with van der Waals surface area (Å²) in [5.74, 6) is 0.815. The molecule has 0 aromatic heterocycles. The van der Waals surface area contributed by atoms with Crippen LogP contribution in [-0.4, -0.2) is 63.1 Å². The summed E-state index contributed by atoms with van der Waals surface area (Å²) in [6.45, 7) is 5.71. The fourth-order valence-corrected chi connectivity index (χ4v) is 3.09. The summed E-state index contributed by atoms with van der Waals surface area (Å²) < 4.78 is 0. The molecule has 7 heteroatoms. The van der Waals surface area contributed by atoms with Crippen molar-refractivity contribution in [1.29, 1.82) is 0 Å². The number of guanidine groups is 1. The Bertz CT molecular complexity index is 593. The second-order valence-corrected chi connectivity index (χ2v) is 6.45. The highest BCUT2D eigenvalue weighted by atomic mass is 127. The fourth-order valence-electron chi connectivity index (χ4n) is 3.09. The average Bonchev–Trinajstić information content (AvgIpc) is 3.04. The van der Waals surface area contributed by atoms with Crippen molar-refractivity contribution in [3.05, 3.63) is 35.4 Å². The molecule has 3 N–H and O–H groups in total. The molecule has 1 aromatic carbocycles. The molecule has 1 fully saturated rings. The smallest absolute Gasteiger partial charge is 0.251 e. The summed E-state index contributed by atoms with van der Waals surface area (Å²) in [4.78, 5) is 18.8. The van der Waals surface area contributed by atoms with Crippen LogP contribution in [0.2, 0.25) is 0 Å². The molecule has 1 unspecified atom stereocenters. The van der Waals surface area contributed by atoms with Crippen molar-refractivity contribution in [2.45, 2.75) is 32.2 Å². The minimum atomic E-state index is -0.0506. The maximum absolute atomic E-state index is 11.7. The number of hydrogen-bond donors (Lipinski definition) is 3. The van der Waals surface area contributed by atoms with Crippen LogP contribution >= 0.6 is 24.0 Å². The summed E-state index contributed by atoms with van der Waals surface area (Å²) in [6, 6.07) is 8.30. The van der Waals surface area contributed by atoms with Gasteiger partial charge >= 0.3 is 0 Å². The molecule has 0 spiro atoms. The van der Waals surface area contributed by atoms with Gasteiger partial charge in [-0.2, -0.15) is 0 Å². The number of amides is 1. The highest BCUT2D eigenvalue weighted by Gasteiger charge is 2.20. The molecule has 1 aromatic rings. The van der Waals surface area contributed by atoms with Gasteiger partial charge in [-0.3, -0.25) is 9.79 Å². The molecule has 26 heavy (non-hydrogen) atoms. The molecule has 0 bridgehead atoms. The van der Waals surface area contributed by atoms with Crippen molar-refractivity contribution < 1.29 is 4.79 Å². The first kappa shape index (κ1) is 22.7. The van der Waals surface area contributed by atoms with E-state index in [4.69, 9.17) is 4.99 Å². The number of likely N-dealkylation sites (tertiary alicyclic amines) is 1. The summed E-state index contributed by atoms with van der Waals surface area (Å²) >= 11 is 0. The number of benzene rings is 1. The quantitative estimate of drug-likeness (QED) is 0.321. The molecule has 1 amide bonds. The number of nitrogens with zero attached hydrogens (tertiary/aromatic N) is 2. The highest BCUT2D eigenvalue weighted by Crippen LogP contribution is 2.14. The second kappa shape index (κ2) is 12.1. The maximum Gasteiger partial charge on any atom is 0.251 e. The first-order valence-electron chi connectivity index (χ1n) is 9.17. The Hall–Kier alpha value is -1.35. The Kier molecular flexibility index (Phi) is 10.6. The highest BCUT2D eigenvalue weighted by molar-refractivity contribution is 14.0. The zero-order valence-electron chi connectivity index (χ0n) is 16.0. The van der Waals surface area contributed by atoms with Crippen LogP contribution < -0.4 is 16.0 Å². The van der Waals surface area contributed by atoms with Crippen LogP contribution in [0.4, 0.5) is 0 Å². The first-order valence-corrected chi connectivity index (χ1v) is 9.17. The van der Waals surface area contributed by atoms with E-state index in [9.17, 15) is 4.79 Å². The molecule has 1 aliphatic rings. The third kappa shape index (κ3) is 7.11. The summed E-state index contributed by atoms with van der Waals surface area (Å²) in [5.41, 5.74) is 1.84. The Labute approximate surface area is 174 Å². The summed E-state index contributed by atoms with van der Waals surface area (Å²) in [6.07, 6.45) is 3.34. The Morgan fingerprint density at radius 1 is 1.35 bits per heavy atom. The lowest BCUT2D eigenvalue weighted by molar-refractivity contribution is 0.0963. The Balaban J connectivity index is 0.00000338. The number of likely N-dealkylation sites (N-methyl/N-ethyl adjacent to an activating group) is 1. The molecule has 1 atom stereocenters. The molecule has 0 aliphatic carbocycles. The van der Waals surface area contributed by atoms with Crippen molar-refractivity contribution in [2.24, 2.45) is 4.99 Å². The molecule has 1 heterocycles. The van der Waals surface area contributed by atoms with E-state index in [1.54, 1.807) is 7.05 Å². The van der Waals surface area contributed by atoms with Crippen molar-refractivity contribution in [3.8, 4) is 0 Å². The van der Waals surface area contributed by atoms with Crippen molar-refractivity contribution in [3.63, 3.8) is 0 Å². The third-order valence-corrected chi connectivity index (χ3v) is 4.60. The van der Waals surface area contributed by atoms with Crippen LogP contribution in [-0.2, 0) is 6.42 Å². The van der Waals surface area contributed by atoms with Crippen LogP contribution in [0.1, 0.15) is 35.7 Å². The lowest BCUT2D eigenvalue weighted by Gasteiger charge is -2.18. The second-order valence-electron chi connectivity index (χ2n) is 6.45. The lowest BCUT2D eigenvalue weighted by Crippen LogP contribution is -2.39. The molecule has 0 saturated carbocycles. The Morgan fingerprint density at radius 2 is 2.15 bits per heavy atom. The number of nitrogens with one attached hydrogen (secondary N) is 3. The number of halogens is 1. The first-order chi connectivity index (χ1) is 12.1.